The summed E-state index contributed by atoms with van der Waals surface area (Å²) in [4.78, 5) is 67.0. The van der Waals surface area contributed by atoms with Crippen LogP contribution in [0.3, 0.4) is 0 Å². The number of anilines is 3. The van der Waals surface area contributed by atoms with Crippen molar-refractivity contribution in [2.45, 2.75) is 124 Å². The number of carbonyl (C=O) groups is 3. The maximum atomic E-state index is 13.6. The fraction of sp³-hybridized carbons (Fsp3) is 0.392. The fourth-order valence-electron chi connectivity index (χ4n) is 15.4. The summed E-state index contributed by atoms with van der Waals surface area (Å²) < 4.78 is 93.4. The highest BCUT2D eigenvalue weighted by atomic mass is 35.5. The number of benzene rings is 3. The van der Waals surface area contributed by atoms with Gasteiger partial charge in [-0.3, -0.25) is 26.9 Å². The molecule has 4 fully saturated rings. The first-order valence-electron chi connectivity index (χ1n) is 35.9. The lowest BCUT2D eigenvalue weighted by Gasteiger charge is -2.32. The number of nitrogens with zero attached hydrogens (tertiary/aromatic N) is 6. The monoisotopic (exact) mass is 1680 g/mol. The van der Waals surface area contributed by atoms with Gasteiger partial charge in [-0.2, -0.15) is 25.3 Å². The van der Waals surface area contributed by atoms with Gasteiger partial charge in [-0.05, 0) is 150 Å². The average Bonchev–Trinajstić information content (AvgIpc) is 1.58. The van der Waals surface area contributed by atoms with Crippen molar-refractivity contribution in [2.75, 3.05) is 55.5 Å². The first kappa shape index (κ1) is 80.9. The largest absolute Gasteiger partial charge is 0.393 e. The molecule has 112 heavy (non-hydrogen) atoms. The van der Waals surface area contributed by atoms with Gasteiger partial charge in [-0.15, -0.1) is 34.0 Å². The zero-order chi connectivity index (χ0) is 78.8. The Bertz CT molecular complexity index is 5330. The number of halogens is 2. The summed E-state index contributed by atoms with van der Waals surface area (Å²) in [6, 6.07) is 27.3. The fourth-order valence-corrected chi connectivity index (χ4v) is 19.7. The first-order chi connectivity index (χ1) is 53.6. The van der Waals surface area contributed by atoms with Crippen LogP contribution >= 0.6 is 57.2 Å². The second kappa shape index (κ2) is 34.4. The van der Waals surface area contributed by atoms with Crippen LogP contribution in [0.4, 0.5) is 17.5 Å². The SMILES string of the molecule is NS(=O)(=O)OC[C@H]1C[C@@H](Nc2ncncc2C(=O)c2cc(C3NCCc4ccccc43)cs2)C[C@@H]1O.NS(=O)(=O)OC[C@H]1C[C@@H](Nc2ncncc2C(=O)c2cc(C3OCC4(CC4)c4ccccc43)cs2)C[C@@H]1O.NS(=O)(=O)OC[C@H]1C[C@@H](Nc2ncncc2C(=O)c2cc(C3OCCc4ccc(Cl)cc43)c(Cl)s2)C[C@@H]1O. The number of ketones is 3. The van der Waals surface area contributed by atoms with Gasteiger partial charge in [0.1, 0.15) is 48.6 Å². The molecule has 3 aliphatic heterocycles. The third-order valence-electron chi connectivity index (χ3n) is 21.1. The van der Waals surface area contributed by atoms with Gasteiger partial charge in [0.25, 0.3) is 0 Å². The van der Waals surface area contributed by atoms with Gasteiger partial charge in [-0.1, -0.05) is 77.8 Å². The summed E-state index contributed by atoms with van der Waals surface area (Å²) in [5, 5.41) is 63.5. The molecule has 3 unspecified atom stereocenters. The van der Waals surface area contributed by atoms with Crippen LogP contribution in [-0.2, 0) is 71.2 Å². The lowest BCUT2D eigenvalue weighted by atomic mass is 9.85. The van der Waals surface area contributed by atoms with Crippen molar-refractivity contribution in [1.29, 1.82) is 0 Å². The number of nitrogens with one attached hydrogen (secondary N) is 4. The van der Waals surface area contributed by atoms with E-state index in [-0.39, 0.29) is 78.4 Å². The number of aromatic nitrogens is 6. The number of aliphatic hydroxyl groups is 3. The standard InChI is InChI=1S/C26H28N4O6S2.C24H24Cl2N4O6S2.C24H27N5O5S2/c27-38(33,34)36-11-15-7-17(9-21(15)31)30-25-19(10-28-14-29-25)23(32)22-8-16(12-37-22)24-18-3-1-2-4-20(18)26(5-6-26)13-35-24;25-14-2-1-12-3-4-35-22(16(12)6-14)17-8-20(37-23(17)26)21(32)18-9-28-11-29-24(18)30-15-5-13(19(31)7-15)10-36-38(27,33)34;25-36(32,33)34-11-15-7-17(9-20(15)30)29-24-19(10-26-13-28-24)23(31)21-8-16(12-35-21)22-18-4-2-1-3-14(18)5-6-27-22/h1-4,8,10,12,14-15,17,21,24,31H,5-7,9,11,13H2,(H2,27,33,34)(H,28,29,30);1-2,6,8-9,11,13,15,19,22,31H,3-5,7,10H2,(H2,27,33,34)(H,28,29,30);1-4,8,10,12-13,15,17,20,22,27,30H,5-7,9,11H2,(H2,25,32,33)(H,26,28,29)/t15-,17-,21+,24?;13-,15-,19+,22?;15-,17-,20+,22?/m111/s1. The van der Waals surface area contributed by atoms with Crippen LogP contribution in [-0.4, -0.2) is 164 Å². The average molecular weight is 1690 g/mol. The normalized spacial score (nSPS) is 24.3. The summed E-state index contributed by atoms with van der Waals surface area (Å²) in [6.45, 7) is 1.43. The van der Waals surface area contributed by atoms with Gasteiger partial charge in [0.2, 0.25) is 17.3 Å². The van der Waals surface area contributed by atoms with Crippen LogP contribution in [0.25, 0.3) is 0 Å². The molecule has 0 bridgehead atoms. The molecule has 7 aliphatic rings. The number of carbonyl (C=O) groups excluding carboxylic acids is 3. The molecule has 9 heterocycles. The van der Waals surface area contributed by atoms with E-state index in [1.54, 1.807) is 6.07 Å². The molecule has 30 nitrogen and oxygen atoms in total. The van der Waals surface area contributed by atoms with Crippen molar-refractivity contribution >= 4 is 123 Å². The molecule has 0 saturated heterocycles. The zero-order valence-electron chi connectivity index (χ0n) is 59.6. The van der Waals surface area contributed by atoms with E-state index in [9.17, 15) is 55.0 Å². The Morgan fingerprint density at radius 1 is 0.545 bits per heavy atom. The highest BCUT2D eigenvalue weighted by Gasteiger charge is 2.50. The van der Waals surface area contributed by atoms with E-state index in [1.165, 1.54) is 82.5 Å². The number of thiophene rings is 3. The molecule has 38 heteroatoms. The van der Waals surface area contributed by atoms with E-state index in [0.717, 1.165) is 65.8 Å². The van der Waals surface area contributed by atoms with Crippen LogP contribution < -0.4 is 36.7 Å². The van der Waals surface area contributed by atoms with Gasteiger partial charge < -0.3 is 46.1 Å². The molecule has 4 saturated carbocycles. The van der Waals surface area contributed by atoms with Crippen LogP contribution in [0.1, 0.15) is 165 Å². The minimum Gasteiger partial charge on any atom is -0.393 e. The van der Waals surface area contributed by atoms with Gasteiger partial charge >= 0.3 is 30.9 Å². The Kier molecular flexibility index (Phi) is 24.9. The van der Waals surface area contributed by atoms with E-state index in [0.29, 0.717) is 110 Å². The third-order valence-corrected chi connectivity index (χ3v) is 26.0. The maximum Gasteiger partial charge on any atom is 0.333 e. The minimum atomic E-state index is -4.11. The second-order valence-corrected chi connectivity index (χ2v) is 36.2. The number of rotatable bonds is 24. The van der Waals surface area contributed by atoms with Crippen molar-refractivity contribution < 1.29 is 77.0 Å². The highest BCUT2D eigenvalue weighted by molar-refractivity contribution is 7.84. The molecular weight excluding hydrogens is 1610 g/mol. The predicted octanol–water partition coefficient (Wildman–Crippen LogP) is 7.98. The van der Waals surface area contributed by atoms with Crippen molar-refractivity contribution in [3.8, 4) is 0 Å². The Balaban J connectivity index is 0.000000140. The summed E-state index contributed by atoms with van der Waals surface area (Å²) in [7, 11) is -12.3. The first-order valence-corrected chi connectivity index (χ1v) is 43.6. The third kappa shape index (κ3) is 19.3. The molecule has 3 aromatic carbocycles. The van der Waals surface area contributed by atoms with Gasteiger partial charge in [0.15, 0.2) is 0 Å². The zero-order valence-corrected chi connectivity index (χ0v) is 66.0. The molecule has 6 aromatic heterocycles. The number of aliphatic hydroxyl groups excluding tert-OH is 3. The van der Waals surface area contributed by atoms with E-state index < -0.39 is 73.1 Å². The van der Waals surface area contributed by atoms with Crippen LogP contribution in [0, 0.1) is 17.8 Å². The molecule has 9 aromatic rings. The van der Waals surface area contributed by atoms with Crippen molar-refractivity contribution in [1.82, 2.24) is 35.2 Å². The number of nitrogens with two attached hydrogens (primary N) is 3. The van der Waals surface area contributed by atoms with Crippen LogP contribution in [0.15, 0.2) is 133 Å². The molecule has 13 N–H and O–H groups in total. The van der Waals surface area contributed by atoms with Crippen molar-refractivity contribution in [2.24, 2.45) is 33.2 Å². The number of ether oxygens (including phenoxy) is 2. The van der Waals surface area contributed by atoms with Gasteiger partial charge in [-0.25, -0.2) is 45.3 Å². The maximum absolute atomic E-state index is 13.6. The van der Waals surface area contributed by atoms with E-state index in [1.807, 2.05) is 59.3 Å². The number of hydrogen-bond acceptors (Lipinski definition) is 30. The predicted molar refractivity (Wildman–Crippen MR) is 418 cm³/mol. The van der Waals surface area contributed by atoms with Crippen LogP contribution in [0.2, 0.25) is 9.36 Å². The number of fused-ring (bicyclic) bond motifs is 4. The highest BCUT2D eigenvalue weighted by Crippen LogP contribution is 2.55. The Morgan fingerprint density at radius 2 is 1.02 bits per heavy atom. The Labute approximate surface area is 667 Å². The van der Waals surface area contributed by atoms with Gasteiger partial charge in [0.05, 0.1) is 93.0 Å². The summed E-state index contributed by atoms with van der Waals surface area (Å²) in [5.74, 6) is -0.958. The molecule has 4 aliphatic carbocycles. The van der Waals surface area contributed by atoms with E-state index in [4.69, 9.17) is 48.1 Å². The molecular formula is C74H79Cl2N13O17S6. The minimum absolute atomic E-state index is 0.0360. The lowest BCUT2D eigenvalue weighted by Crippen LogP contribution is -2.30. The summed E-state index contributed by atoms with van der Waals surface area (Å²) in [5.41, 5.74) is 10.8. The quantitative estimate of drug-likeness (QED) is 0.0256. The molecule has 0 amide bonds. The summed E-state index contributed by atoms with van der Waals surface area (Å²) >= 11 is 16.7. The summed E-state index contributed by atoms with van der Waals surface area (Å²) in [6.07, 6.45) is 11.7. The van der Waals surface area contributed by atoms with E-state index in [2.05, 4.69) is 94.1 Å². The van der Waals surface area contributed by atoms with Crippen LogP contribution in [0.5, 0.6) is 0 Å². The lowest BCUT2D eigenvalue weighted by molar-refractivity contribution is 0.0469. The van der Waals surface area contributed by atoms with Crippen molar-refractivity contribution in [3.63, 3.8) is 0 Å². The van der Waals surface area contributed by atoms with E-state index >= 15 is 0 Å². The second-order valence-electron chi connectivity index (χ2n) is 28.7. The Hall–Kier alpha value is -7.64. The molecule has 592 valence electrons. The Morgan fingerprint density at radius 3 is 1.54 bits per heavy atom. The number of hydrogen-bond donors (Lipinski definition) is 10. The smallest absolute Gasteiger partial charge is 0.333 e. The molecule has 0 radical (unpaired) electrons. The topological polar surface area (TPSA) is 464 Å². The molecule has 12 atom stereocenters. The van der Waals surface area contributed by atoms with Gasteiger partial charge in [0, 0.05) is 77.0 Å². The molecule has 1 spiro atoms. The van der Waals surface area contributed by atoms with Crippen molar-refractivity contribution in [3.05, 3.63) is 224 Å². The molecule has 16 rings (SSSR count).